The van der Waals surface area contributed by atoms with E-state index in [9.17, 15) is 23.1 Å². The highest BCUT2D eigenvalue weighted by molar-refractivity contribution is 7.89. The van der Waals surface area contributed by atoms with E-state index in [1.807, 2.05) is 60.7 Å². The fraction of sp³-hybridized carbons (Fsp3) is 0.286. The number of carbonyl (C=O) groups is 2. The predicted molar refractivity (Wildman–Crippen MR) is 142 cm³/mol. The minimum atomic E-state index is -3.67. The molecule has 1 unspecified atom stereocenters. The standard InChI is InChI=1S/C28H32N2O6S/c1-2-15-37(34,35)30-26(28(32)33)17-23-9-6-10-24(16-23)19-29-27(31)18-21-11-13-25(14-12-21)36-20-22-7-4-3-5-8-22/h3-14,16,26,30H,2,15,17-20H2,1H3,(H,29,31)(H,32,33). The number of ether oxygens (including phenoxy) is 1. The minimum absolute atomic E-state index is 0.00123. The second-order valence-corrected chi connectivity index (χ2v) is 10.6. The van der Waals surface area contributed by atoms with E-state index >= 15 is 0 Å². The number of nitrogens with one attached hydrogen (secondary N) is 2. The second-order valence-electron chi connectivity index (χ2n) is 8.72. The number of rotatable bonds is 14. The van der Waals surface area contributed by atoms with Gasteiger partial charge in [-0.2, -0.15) is 0 Å². The van der Waals surface area contributed by atoms with Crippen LogP contribution in [0.1, 0.15) is 35.6 Å². The lowest BCUT2D eigenvalue weighted by Crippen LogP contribution is -2.43. The molecule has 3 aromatic rings. The average Bonchev–Trinajstić information content (AvgIpc) is 2.87. The van der Waals surface area contributed by atoms with Gasteiger partial charge in [0.15, 0.2) is 0 Å². The fourth-order valence-electron chi connectivity index (χ4n) is 3.72. The summed E-state index contributed by atoms with van der Waals surface area (Å²) < 4.78 is 32.1. The highest BCUT2D eigenvalue weighted by Crippen LogP contribution is 2.15. The van der Waals surface area contributed by atoms with E-state index in [-0.39, 0.29) is 31.0 Å². The molecule has 0 saturated carbocycles. The van der Waals surface area contributed by atoms with Gasteiger partial charge in [0, 0.05) is 6.54 Å². The lowest BCUT2D eigenvalue weighted by molar-refractivity contribution is -0.138. The van der Waals surface area contributed by atoms with Crippen LogP contribution < -0.4 is 14.8 Å². The zero-order valence-corrected chi connectivity index (χ0v) is 21.5. The maximum Gasteiger partial charge on any atom is 0.322 e. The summed E-state index contributed by atoms with van der Waals surface area (Å²) >= 11 is 0. The van der Waals surface area contributed by atoms with Gasteiger partial charge >= 0.3 is 5.97 Å². The number of sulfonamides is 1. The molecule has 0 aliphatic rings. The van der Waals surface area contributed by atoms with Gasteiger partial charge in [-0.3, -0.25) is 9.59 Å². The van der Waals surface area contributed by atoms with Crippen molar-refractivity contribution >= 4 is 21.9 Å². The van der Waals surface area contributed by atoms with Crippen LogP contribution in [0.4, 0.5) is 0 Å². The molecule has 0 aliphatic carbocycles. The van der Waals surface area contributed by atoms with Crippen molar-refractivity contribution in [3.63, 3.8) is 0 Å². The first-order valence-corrected chi connectivity index (χ1v) is 13.7. The van der Waals surface area contributed by atoms with Gasteiger partial charge in [0.2, 0.25) is 15.9 Å². The molecule has 0 spiro atoms. The van der Waals surface area contributed by atoms with Crippen molar-refractivity contribution in [2.75, 3.05) is 5.75 Å². The highest BCUT2D eigenvalue weighted by Gasteiger charge is 2.23. The number of hydrogen-bond donors (Lipinski definition) is 3. The van der Waals surface area contributed by atoms with E-state index in [1.165, 1.54) is 0 Å². The van der Waals surface area contributed by atoms with Crippen LogP contribution in [0.2, 0.25) is 0 Å². The smallest absolute Gasteiger partial charge is 0.322 e. The first kappa shape index (κ1) is 27.9. The second kappa shape index (κ2) is 13.6. The monoisotopic (exact) mass is 524 g/mol. The van der Waals surface area contributed by atoms with Crippen LogP contribution in [-0.2, 0) is 45.6 Å². The number of carboxylic acids is 1. The van der Waals surface area contributed by atoms with Crippen molar-refractivity contribution < 1.29 is 27.9 Å². The van der Waals surface area contributed by atoms with Gasteiger partial charge in [0.25, 0.3) is 0 Å². The number of carbonyl (C=O) groups excluding carboxylic acids is 1. The lowest BCUT2D eigenvalue weighted by Gasteiger charge is -2.15. The van der Waals surface area contributed by atoms with Gasteiger partial charge in [-0.05, 0) is 47.2 Å². The van der Waals surface area contributed by atoms with Gasteiger partial charge < -0.3 is 15.2 Å². The zero-order valence-electron chi connectivity index (χ0n) is 20.7. The largest absolute Gasteiger partial charge is 0.489 e. The van der Waals surface area contributed by atoms with Crippen molar-refractivity contribution in [2.24, 2.45) is 0 Å². The Hall–Kier alpha value is -3.69. The van der Waals surface area contributed by atoms with Gasteiger partial charge in [-0.1, -0.05) is 73.7 Å². The van der Waals surface area contributed by atoms with Gasteiger partial charge in [0.05, 0.1) is 12.2 Å². The predicted octanol–water partition coefficient (Wildman–Crippen LogP) is 3.45. The molecule has 0 bridgehead atoms. The van der Waals surface area contributed by atoms with Gasteiger partial charge in [-0.25, -0.2) is 13.1 Å². The topological polar surface area (TPSA) is 122 Å². The number of hydrogen-bond acceptors (Lipinski definition) is 5. The average molecular weight is 525 g/mol. The first-order chi connectivity index (χ1) is 17.7. The molecule has 1 amide bonds. The first-order valence-electron chi connectivity index (χ1n) is 12.1. The molecule has 0 saturated heterocycles. The lowest BCUT2D eigenvalue weighted by atomic mass is 10.0. The van der Waals surface area contributed by atoms with Crippen molar-refractivity contribution in [2.45, 2.75) is 45.4 Å². The molecule has 0 heterocycles. The molecule has 0 aromatic heterocycles. The van der Waals surface area contributed by atoms with Crippen molar-refractivity contribution in [1.82, 2.24) is 10.0 Å². The maximum atomic E-state index is 12.5. The van der Waals surface area contributed by atoms with Crippen LogP contribution in [0, 0.1) is 0 Å². The number of benzene rings is 3. The summed E-state index contributed by atoms with van der Waals surface area (Å²) in [6, 6.07) is 23.1. The quantitative estimate of drug-likeness (QED) is 0.297. The molecule has 0 aliphatic heterocycles. The Kier molecular flexibility index (Phi) is 10.2. The third-order valence-corrected chi connectivity index (χ3v) is 7.14. The molecule has 196 valence electrons. The van der Waals surface area contributed by atoms with E-state index in [4.69, 9.17) is 4.74 Å². The highest BCUT2D eigenvalue weighted by atomic mass is 32.2. The van der Waals surface area contributed by atoms with E-state index in [0.29, 0.717) is 18.6 Å². The molecule has 3 aromatic carbocycles. The van der Waals surface area contributed by atoms with Crippen LogP contribution in [0.3, 0.4) is 0 Å². The molecular formula is C28H32N2O6S. The molecule has 37 heavy (non-hydrogen) atoms. The summed E-state index contributed by atoms with van der Waals surface area (Å²) in [5, 5.41) is 12.3. The van der Waals surface area contributed by atoms with Crippen LogP contribution in [0.5, 0.6) is 5.75 Å². The van der Waals surface area contributed by atoms with Crippen LogP contribution in [0.15, 0.2) is 78.9 Å². The molecular weight excluding hydrogens is 492 g/mol. The zero-order chi connectivity index (χ0) is 26.7. The normalized spacial score (nSPS) is 12.0. The SMILES string of the molecule is CCCS(=O)(=O)NC(Cc1cccc(CNC(=O)Cc2ccc(OCc3ccccc3)cc2)c1)C(=O)O. The number of aliphatic carboxylic acids is 1. The van der Waals surface area contributed by atoms with E-state index in [1.54, 1.807) is 25.1 Å². The molecule has 1 atom stereocenters. The summed E-state index contributed by atoms with van der Waals surface area (Å²) in [5.41, 5.74) is 3.37. The fourth-order valence-corrected chi connectivity index (χ4v) is 4.99. The third kappa shape index (κ3) is 9.70. The summed E-state index contributed by atoms with van der Waals surface area (Å²) in [4.78, 5) is 24.0. The van der Waals surface area contributed by atoms with Crippen LogP contribution in [0.25, 0.3) is 0 Å². The Bertz CT molecular complexity index is 1280. The van der Waals surface area contributed by atoms with Crippen molar-refractivity contribution in [3.8, 4) is 5.75 Å². The molecule has 0 fully saturated rings. The summed E-state index contributed by atoms with van der Waals surface area (Å²) in [6.07, 6.45) is 0.598. The number of carboxylic acid groups (broad SMARTS) is 1. The molecule has 3 rings (SSSR count). The Balaban J connectivity index is 1.49. The maximum absolute atomic E-state index is 12.5. The molecule has 9 heteroatoms. The van der Waals surface area contributed by atoms with E-state index < -0.39 is 22.0 Å². The number of amides is 1. The van der Waals surface area contributed by atoms with E-state index in [2.05, 4.69) is 10.0 Å². The summed E-state index contributed by atoms with van der Waals surface area (Å²) in [5.74, 6) is -0.804. The Morgan fingerprint density at radius 2 is 1.57 bits per heavy atom. The molecule has 8 nitrogen and oxygen atoms in total. The third-order valence-electron chi connectivity index (χ3n) is 5.55. The molecule has 3 N–H and O–H groups in total. The summed E-state index contributed by atoms with van der Waals surface area (Å²) in [6.45, 7) is 2.45. The van der Waals surface area contributed by atoms with Gasteiger partial charge in [-0.15, -0.1) is 0 Å². The van der Waals surface area contributed by atoms with Crippen molar-refractivity contribution in [1.29, 1.82) is 0 Å². The van der Waals surface area contributed by atoms with Gasteiger partial charge in [0.1, 0.15) is 18.4 Å². The van der Waals surface area contributed by atoms with Crippen LogP contribution >= 0.6 is 0 Å². The Morgan fingerprint density at radius 3 is 2.24 bits per heavy atom. The Labute approximate surface area is 217 Å². The van der Waals surface area contributed by atoms with E-state index in [0.717, 1.165) is 22.4 Å². The Morgan fingerprint density at radius 1 is 0.892 bits per heavy atom. The minimum Gasteiger partial charge on any atom is -0.489 e. The van der Waals surface area contributed by atoms with Crippen molar-refractivity contribution in [3.05, 3.63) is 101 Å². The summed E-state index contributed by atoms with van der Waals surface area (Å²) in [7, 11) is -3.67. The van der Waals surface area contributed by atoms with Crippen LogP contribution in [-0.4, -0.2) is 37.2 Å². The molecule has 0 radical (unpaired) electrons.